The molecule has 1 atom stereocenters. The van der Waals surface area contributed by atoms with Crippen molar-refractivity contribution >= 4 is 27.5 Å². The minimum absolute atomic E-state index is 0.0429. The molecule has 190 valence electrons. The fourth-order valence-corrected chi connectivity index (χ4v) is 4.52. The molecule has 35 heavy (non-hydrogen) atoms. The Balaban J connectivity index is 1.93. The van der Waals surface area contributed by atoms with Gasteiger partial charge in [-0.15, -0.1) is 0 Å². The predicted octanol–water partition coefficient (Wildman–Crippen LogP) is 2.82. The molecule has 1 N–H and O–H groups in total. The van der Waals surface area contributed by atoms with Gasteiger partial charge in [0.2, 0.25) is 28.6 Å². The maximum Gasteiger partial charge on any atom is 0.244 e. The Kier molecular flexibility index (Phi) is 7.64. The lowest BCUT2D eigenvalue weighted by atomic mass is 10.1. The third-order valence-electron chi connectivity index (χ3n) is 5.59. The van der Waals surface area contributed by atoms with Crippen molar-refractivity contribution in [3.8, 4) is 11.5 Å². The summed E-state index contributed by atoms with van der Waals surface area (Å²) >= 11 is 0. The van der Waals surface area contributed by atoms with Crippen LogP contribution in [0.4, 0.5) is 5.69 Å². The van der Waals surface area contributed by atoms with Gasteiger partial charge < -0.3 is 19.7 Å². The molecule has 9 nitrogen and oxygen atoms in total. The van der Waals surface area contributed by atoms with Gasteiger partial charge in [-0.2, -0.15) is 0 Å². The molecule has 0 saturated heterocycles. The van der Waals surface area contributed by atoms with Crippen molar-refractivity contribution in [1.82, 2.24) is 10.2 Å². The Morgan fingerprint density at radius 2 is 1.74 bits per heavy atom. The van der Waals surface area contributed by atoms with Gasteiger partial charge in [0.1, 0.15) is 12.6 Å². The first-order valence-corrected chi connectivity index (χ1v) is 13.1. The van der Waals surface area contributed by atoms with Crippen LogP contribution in [-0.4, -0.2) is 56.3 Å². The second kappa shape index (κ2) is 10.2. The molecule has 0 fully saturated rings. The summed E-state index contributed by atoms with van der Waals surface area (Å²) in [5, 5.41) is 2.90. The molecule has 1 aliphatic rings. The van der Waals surface area contributed by atoms with Gasteiger partial charge in [-0.25, -0.2) is 8.42 Å². The smallest absolute Gasteiger partial charge is 0.244 e. The number of benzene rings is 2. The molecule has 2 amide bonds. The van der Waals surface area contributed by atoms with Gasteiger partial charge in [-0.3, -0.25) is 13.9 Å². The minimum atomic E-state index is -3.83. The van der Waals surface area contributed by atoms with E-state index in [1.807, 2.05) is 52.0 Å². The van der Waals surface area contributed by atoms with E-state index in [4.69, 9.17) is 9.47 Å². The quantitative estimate of drug-likeness (QED) is 0.594. The van der Waals surface area contributed by atoms with Crippen LogP contribution in [0, 0.1) is 6.92 Å². The maximum absolute atomic E-state index is 13.6. The number of amides is 2. The molecule has 0 spiro atoms. The van der Waals surface area contributed by atoms with Crippen LogP contribution in [-0.2, 0) is 26.2 Å². The summed E-state index contributed by atoms with van der Waals surface area (Å²) < 4.78 is 37.1. The molecule has 0 radical (unpaired) electrons. The number of fused-ring (bicyclic) bond motifs is 1. The zero-order chi connectivity index (χ0) is 26.0. The molecular weight excluding hydrogens is 470 g/mol. The minimum Gasteiger partial charge on any atom is -0.454 e. The standard InChI is InChI=1S/C25H33N3O6S/c1-17-9-7-8-10-19(17)14-27(18(2)24(30)26-25(3,4)5)23(29)15-28(35(6,31)32)20-11-12-21-22(13-20)34-16-33-21/h7-13,18H,14-16H2,1-6H3,(H,26,30)/t18-/m1/s1. The molecule has 10 heteroatoms. The molecule has 1 aliphatic heterocycles. The van der Waals surface area contributed by atoms with Crippen molar-refractivity contribution in [2.24, 2.45) is 0 Å². The van der Waals surface area contributed by atoms with Crippen LogP contribution in [0.25, 0.3) is 0 Å². The molecule has 2 aromatic rings. The van der Waals surface area contributed by atoms with Crippen LogP contribution >= 0.6 is 0 Å². The average Bonchev–Trinajstić information content (AvgIpc) is 3.22. The van der Waals surface area contributed by atoms with Crippen LogP contribution in [0.15, 0.2) is 42.5 Å². The molecule has 2 aromatic carbocycles. The van der Waals surface area contributed by atoms with E-state index >= 15 is 0 Å². The van der Waals surface area contributed by atoms with E-state index in [1.54, 1.807) is 19.1 Å². The average molecular weight is 504 g/mol. The van der Waals surface area contributed by atoms with Crippen LogP contribution in [0.3, 0.4) is 0 Å². The number of rotatable bonds is 8. The van der Waals surface area contributed by atoms with Crippen LogP contribution in [0.1, 0.15) is 38.8 Å². The van der Waals surface area contributed by atoms with Crippen LogP contribution < -0.4 is 19.1 Å². The Hall–Kier alpha value is -3.27. The number of hydrogen-bond acceptors (Lipinski definition) is 6. The first kappa shape index (κ1) is 26.3. The molecular formula is C25H33N3O6S. The van der Waals surface area contributed by atoms with Crippen molar-refractivity contribution in [2.75, 3.05) is 23.9 Å². The van der Waals surface area contributed by atoms with Crippen molar-refractivity contribution in [1.29, 1.82) is 0 Å². The normalized spacial score (nSPS) is 13.8. The summed E-state index contributed by atoms with van der Waals surface area (Å²) in [4.78, 5) is 28.0. The van der Waals surface area contributed by atoms with Crippen molar-refractivity contribution < 1.29 is 27.5 Å². The SMILES string of the molecule is Cc1ccccc1CN(C(=O)CN(c1ccc2c(c1)OCO2)S(C)(=O)=O)[C@H](C)C(=O)NC(C)(C)C. The monoisotopic (exact) mass is 503 g/mol. The summed E-state index contributed by atoms with van der Waals surface area (Å²) in [7, 11) is -3.83. The third kappa shape index (κ3) is 6.66. The van der Waals surface area contributed by atoms with E-state index in [0.29, 0.717) is 11.5 Å². The number of carbonyl (C=O) groups is 2. The lowest BCUT2D eigenvalue weighted by Gasteiger charge is -2.33. The zero-order valence-corrected chi connectivity index (χ0v) is 21.8. The second-order valence-electron chi connectivity index (χ2n) is 9.67. The van der Waals surface area contributed by atoms with Crippen LogP contribution in [0.5, 0.6) is 11.5 Å². The van der Waals surface area contributed by atoms with Gasteiger partial charge in [0.25, 0.3) is 0 Å². The second-order valence-corrected chi connectivity index (χ2v) is 11.6. The molecule has 0 saturated carbocycles. The van der Waals surface area contributed by atoms with Gasteiger partial charge in [0.15, 0.2) is 11.5 Å². The molecule has 0 aromatic heterocycles. The lowest BCUT2D eigenvalue weighted by Crippen LogP contribution is -2.54. The first-order chi connectivity index (χ1) is 16.3. The van der Waals surface area contributed by atoms with E-state index in [-0.39, 0.29) is 24.9 Å². The van der Waals surface area contributed by atoms with Crippen molar-refractivity contribution in [2.45, 2.75) is 52.7 Å². The molecule has 1 heterocycles. The Morgan fingerprint density at radius 3 is 2.37 bits per heavy atom. The molecule has 3 rings (SSSR count). The van der Waals surface area contributed by atoms with E-state index in [2.05, 4.69) is 5.32 Å². The number of carbonyl (C=O) groups excluding carboxylic acids is 2. The highest BCUT2D eigenvalue weighted by Gasteiger charge is 2.32. The highest BCUT2D eigenvalue weighted by atomic mass is 32.2. The van der Waals surface area contributed by atoms with Gasteiger partial charge in [0, 0.05) is 18.2 Å². The number of nitrogens with one attached hydrogen (secondary N) is 1. The highest BCUT2D eigenvalue weighted by Crippen LogP contribution is 2.36. The number of ether oxygens (including phenoxy) is 2. The third-order valence-corrected chi connectivity index (χ3v) is 6.73. The summed E-state index contributed by atoms with van der Waals surface area (Å²) in [6.07, 6.45) is 1.03. The summed E-state index contributed by atoms with van der Waals surface area (Å²) in [6.45, 7) is 8.86. The fourth-order valence-electron chi connectivity index (χ4n) is 3.68. The number of hydrogen-bond donors (Lipinski definition) is 1. The van der Waals surface area contributed by atoms with E-state index in [1.165, 1.54) is 11.0 Å². The van der Waals surface area contributed by atoms with Crippen molar-refractivity contribution in [3.63, 3.8) is 0 Å². The number of aryl methyl sites for hydroxylation is 1. The molecule has 0 unspecified atom stereocenters. The highest BCUT2D eigenvalue weighted by molar-refractivity contribution is 7.92. The van der Waals surface area contributed by atoms with Gasteiger partial charge in [0.05, 0.1) is 11.9 Å². The van der Waals surface area contributed by atoms with E-state index in [9.17, 15) is 18.0 Å². The number of nitrogens with zero attached hydrogens (tertiary/aromatic N) is 2. The van der Waals surface area contributed by atoms with Crippen LogP contribution in [0.2, 0.25) is 0 Å². The first-order valence-electron chi connectivity index (χ1n) is 11.3. The van der Waals surface area contributed by atoms with Gasteiger partial charge in [-0.1, -0.05) is 24.3 Å². The summed E-state index contributed by atoms with van der Waals surface area (Å²) in [5.74, 6) is 0.0711. The summed E-state index contributed by atoms with van der Waals surface area (Å²) in [6, 6.07) is 11.4. The maximum atomic E-state index is 13.6. The number of anilines is 1. The molecule has 0 aliphatic carbocycles. The Labute approximate surface area is 207 Å². The lowest BCUT2D eigenvalue weighted by molar-refractivity contribution is -0.140. The Bertz CT molecular complexity index is 1210. The Morgan fingerprint density at radius 1 is 1.09 bits per heavy atom. The topological polar surface area (TPSA) is 105 Å². The largest absolute Gasteiger partial charge is 0.454 e. The predicted molar refractivity (Wildman–Crippen MR) is 134 cm³/mol. The zero-order valence-electron chi connectivity index (χ0n) is 21.0. The molecule has 0 bridgehead atoms. The van der Waals surface area contributed by atoms with Gasteiger partial charge in [-0.05, 0) is 57.9 Å². The van der Waals surface area contributed by atoms with Crippen molar-refractivity contribution in [3.05, 3.63) is 53.6 Å². The fraction of sp³-hybridized carbons (Fsp3) is 0.440. The van der Waals surface area contributed by atoms with Gasteiger partial charge >= 0.3 is 0 Å². The van der Waals surface area contributed by atoms with E-state index < -0.39 is 34.1 Å². The van der Waals surface area contributed by atoms with E-state index in [0.717, 1.165) is 21.7 Å². The summed E-state index contributed by atoms with van der Waals surface area (Å²) in [5.41, 5.74) is 1.61. The number of sulfonamides is 1.